The first-order valence-corrected chi connectivity index (χ1v) is 6.17. The van der Waals surface area contributed by atoms with Gasteiger partial charge in [-0.2, -0.15) is 0 Å². The Bertz CT molecular complexity index is 513. The van der Waals surface area contributed by atoms with Gasteiger partial charge in [-0.3, -0.25) is 0 Å². The Kier molecular flexibility index (Phi) is 2.12. The van der Waals surface area contributed by atoms with E-state index in [1.807, 2.05) is 13.1 Å². The third kappa shape index (κ3) is 1.39. The van der Waals surface area contributed by atoms with Crippen molar-refractivity contribution in [3.8, 4) is 10.4 Å². The van der Waals surface area contributed by atoms with Crippen molar-refractivity contribution in [3.63, 3.8) is 0 Å². The van der Waals surface area contributed by atoms with Crippen molar-refractivity contribution in [1.82, 2.24) is 10.1 Å². The average molecular weight is 235 g/mol. The number of aromatic nitrogens is 2. The summed E-state index contributed by atoms with van der Waals surface area (Å²) < 4.78 is 5.05. The fourth-order valence-corrected chi connectivity index (χ4v) is 3.07. The third-order valence-corrected chi connectivity index (χ3v) is 4.44. The van der Waals surface area contributed by atoms with Crippen LogP contribution in [0.15, 0.2) is 16.9 Å². The van der Waals surface area contributed by atoms with Gasteiger partial charge in [0.05, 0.1) is 22.2 Å². The van der Waals surface area contributed by atoms with Gasteiger partial charge in [0.25, 0.3) is 0 Å². The van der Waals surface area contributed by atoms with Crippen molar-refractivity contribution < 1.29 is 4.52 Å². The molecule has 1 saturated carbocycles. The van der Waals surface area contributed by atoms with Crippen molar-refractivity contribution in [3.05, 3.63) is 23.2 Å². The lowest BCUT2D eigenvalue weighted by Crippen LogP contribution is -2.43. The maximum Gasteiger partial charge on any atom is 0.142 e. The molecule has 2 aromatic rings. The zero-order valence-electron chi connectivity index (χ0n) is 9.06. The fraction of sp³-hybridized carbons (Fsp3) is 0.455. The Hall–Kier alpha value is -1.20. The number of hydrogen-bond donors (Lipinski definition) is 1. The summed E-state index contributed by atoms with van der Waals surface area (Å²) in [6, 6.07) is 0. The monoisotopic (exact) mass is 235 g/mol. The maximum absolute atomic E-state index is 6.24. The zero-order chi connectivity index (χ0) is 11.2. The van der Waals surface area contributed by atoms with Crippen LogP contribution in [0.1, 0.15) is 30.0 Å². The van der Waals surface area contributed by atoms with Crippen molar-refractivity contribution in [1.29, 1.82) is 0 Å². The summed E-state index contributed by atoms with van der Waals surface area (Å²) in [6.07, 6.45) is 6.89. The minimum Gasteiger partial charge on any atom is -0.361 e. The Balaban J connectivity index is 1.97. The van der Waals surface area contributed by atoms with Crippen molar-refractivity contribution in [2.75, 3.05) is 0 Å². The first kappa shape index (κ1) is 9.99. The second-order valence-corrected chi connectivity index (χ2v) is 5.37. The molecule has 4 nitrogen and oxygen atoms in total. The Morgan fingerprint density at radius 2 is 2.25 bits per heavy atom. The van der Waals surface area contributed by atoms with Gasteiger partial charge in [0, 0.05) is 6.20 Å². The van der Waals surface area contributed by atoms with Gasteiger partial charge in [-0.25, -0.2) is 4.98 Å². The van der Waals surface area contributed by atoms with Gasteiger partial charge < -0.3 is 10.3 Å². The molecule has 0 aromatic carbocycles. The van der Waals surface area contributed by atoms with Crippen LogP contribution in [0, 0.1) is 6.92 Å². The summed E-state index contributed by atoms with van der Waals surface area (Å²) >= 11 is 1.65. The molecule has 16 heavy (non-hydrogen) atoms. The molecule has 2 aromatic heterocycles. The van der Waals surface area contributed by atoms with Crippen LogP contribution >= 0.6 is 11.3 Å². The van der Waals surface area contributed by atoms with E-state index >= 15 is 0 Å². The average Bonchev–Trinajstić information content (AvgIpc) is 2.82. The third-order valence-electron chi connectivity index (χ3n) is 3.19. The molecule has 0 unspecified atom stereocenters. The summed E-state index contributed by atoms with van der Waals surface area (Å²) in [6.45, 7) is 1.91. The van der Waals surface area contributed by atoms with Crippen molar-refractivity contribution in [2.45, 2.75) is 31.7 Å². The van der Waals surface area contributed by atoms with Crippen LogP contribution in [0.25, 0.3) is 10.4 Å². The highest BCUT2D eigenvalue weighted by atomic mass is 32.1. The predicted octanol–water partition coefficient (Wildman–Crippen LogP) is 2.44. The molecule has 2 heterocycles. The largest absolute Gasteiger partial charge is 0.361 e. The lowest BCUT2D eigenvalue weighted by molar-refractivity contribution is 0.253. The van der Waals surface area contributed by atoms with E-state index in [0.717, 1.165) is 34.1 Å². The molecule has 1 fully saturated rings. The molecular weight excluding hydrogens is 222 g/mol. The van der Waals surface area contributed by atoms with Crippen LogP contribution in [0.4, 0.5) is 0 Å². The van der Waals surface area contributed by atoms with Gasteiger partial charge in [-0.15, -0.1) is 11.3 Å². The van der Waals surface area contributed by atoms with Crippen molar-refractivity contribution >= 4 is 11.3 Å². The summed E-state index contributed by atoms with van der Waals surface area (Å²) in [5.41, 5.74) is 7.09. The number of aryl methyl sites for hydroxylation is 1. The van der Waals surface area contributed by atoms with Gasteiger partial charge in [0.15, 0.2) is 0 Å². The Morgan fingerprint density at radius 1 is 1.44 bits per heavy atom. The molecule has 84 valence electrons. The predicted molar refractivity (Wildman–Crippen MR) is 62.1 cm³/mol. The van der Waals surface area contributed by atoms with Gasteiger partial charge >= 0.3 is 0 Å². The van der Waals surface area contributed by atoms with E-state index in [-0.39, 0.29) is 5.54 Å². The van der Waals surface area contributed by atoms with Crippen LogP contribution in [0.2, 0.25) is 0 Å². The molecule has 0 radical (unpaired) electrons. The molecule has 2 N–H and O–H groups in total. The number of rotatable bonds is 2. The SMILES string of the molecule is Cc1oncc1-c1cnc(C2(N)CCC2)s1. The summed E-state index contributed by atoms with van der Waals surface area (Å²) in [7, 11) is 0. The molecule has 0 saturated heterocycles. The highest BCUT2D eigenvalue weighted by Gasteiger charge is 2.37. The number of nitrogens with two attached hydrogens (primary N) is 1. The van der Waals surface area contributed by atoms with Gasteiger partial charge in [0.2, 0.25) is 0 Å². The molecule has 5 heteroatoms. The molecule has 3 rings (SSSR count). The summed E-state index contributed by atoms with van der Waals surface area (Å²) in [4.78, 5) is 5.52. The lowest BCUT2D eigenvalue weighted by Gasteiger charge is -2.35. The molecule has 0 amide bonds. The van der Waals surface area contributed by atoms with Crippen LogP contribution in [0.5, 0.6) is 0 Å². The minimum atomic E-state index is -0.173. The summed E-state index contributed by atoms with van der Waals surface area (Å²) in [5.74, 6) is 0.829. The molecule has 1 aliphatic rings. The van der Waals surface area contributed by atoms with E-state index in [1.54, 1.807) is 17.5 Å². The van der Waals surface area contributed by atoms with Gasteiger partial charge in [-0.1, -0.05) is 5.16 Å². The lowest BCUT2D eigenvalue weighted by atomic mass is 9.78. The first-order chi connectivity index (χ1) is 7.69. The Labute approximate surface area is 97.5 Å². The van der Waals surface area contributed by atoms with Crippen LogP contribution in [-0.2, 0) is 5.54 Å². The van der Waals surface area contributed by atoms with Crippen LogP contribution in [0.3, 0.4) is 0 Å². The second-order valence-electron chi connectivity index (χ2n) is 4.34. The van der Waals surface area contributed by atoms with Gasteiger partial charge in [-0.05, 0) is 26.2 Å². The highest BCUT2D eigenvalue weighted by molar-refractivity contribution is 7.15. The maximum atomic E-state index is 6.24. The van der Waals surface area contributed by atoms with E-state index in [4.69, 9.17) is 10.3 Å². The second kappa shape index (κ2) is 3.40. The number of hydrogen-bond acceptors (Lipinski definition) is 5. The number of thiazole rings is 1. The highest BCUT2D eigenvalue weighted by Crippen LogP contribution is 2.42. The first-order valence-electron chi connectivity index (χ1n) is 5.36. The molecule has 0 atom stereocenters. The number of nitrogens with zero attached hydrogens (tertiary/aromatic N) is 2. The van der Waals surface area contributed by atoms with Gasteiger partial charge in [0.1, 0.15) is 10.8 Å². The van der Waals surface area contributed by atoms with E-state index < -0.39 is 0 Å². The van der Waals surface area contributed by atoms with E-state index in [0.29, 0.717) is 0 Å². The van der Waals surface area contributed by atoms with E-state index in [2.05, 4.69) is 10.1 Å². The summed E-state index contributed by atoms with van der Waals surface area (Å²) in [5, 5.41) is 4.81. The molecule has 0 bridgehead atoms. The molecule has 0 aliphatic heterocycles. The van der Waals surface area contributed by atoms with Crippen LogP contribution in [-0.4, -0.2) is 10.1 Å². The standard InChI is InChI=1S/C11H13N3OS/c1-7-8(5-14-15-7)9-6-13-10(16-9)11(12)3-2-4-11/h5-6H,2-4,12H2,1H3. The minimum absolute atomic E-state index is 0.173. The van der Waals surface area contributed by atoms with Crippen LogP contribution < -0.4 is 5.73 Å². The molecule has 0 spiro atoms. The Morgan fingerprint density at radius 3 is 2.81 bits per heavy atom. The topological polar surface area (TPSA) is 64.9 Å². The molecule has 1 aliphatic carbocycles. The molecular formula is C11H13N3OS. The quantitative estimate of drug-likeness (QED) is 0.868. The fourth-order valence-electron chi connectivity index (χ4n) is 1.94. The van der Waals surface area contributed by atoms with E-state index in [1.165, 1.54) is 6.42 Å². The van der Waals surface area contributed by atoms with E-state index in [9.17, 15) is 0 Å². The zero-order valence-corrected chi connectivity index (χ0v) is 9.88. The normalized spacial score (nSPS) is 18.4. The smallest absolute Gasteiger partial charge is 0.142 e. The van der Waals surface area contributed by atoms with Crippen molar-refractivity contribution in [2.24, 2.45) is 5.73 Å².